The van der Waals surface area contributed by atoms with Crippen molar-refractivity contribution in [2.45, 2.75) is 19.1 Å². The van der Waals surface area contributed by atoms with Crippen molar-refractivity contribution in [1.82, 2.24) is 19.9 Å². The molecule has 0 radical (unpaired) electrons. The van der Waals surface area contributed by atoms with E-state index in [1.54, 1.807) is 35.0 Å². The van der Waals surface area contributed by atoms with Crippen molar-refractivity contribution in [3.8, 4) is 34.5 Å². The van der Waals surface area contributed by atoms with Gasteiger partial charge in [-0.25, -0.2) is 14.6 Å². The summed E-state index contributed by atoms with van der Waals surface area (Å²) in [6, 6.07) is 10.7. The van der Waals surface area contributed by atoms with E-state index in [2.05, 4.69) is 15.3 Å². The zero-order valence-electron chi connectivity index (χ0n) is 19.3. The summed E-state index contributed by atoms with van der Waals surface area (Å²) in [5.74, 6) is 1.99. The number of nitrogens with one attached hydrogen (secondary N) is 1. The lowest BCUT2D eigenvalue weighted by Crippen LogP contribution is -2.40. The van der Waals surface area contributed by atoms with Gasteiger partial charge < -0.3 is 29.0 Å². The summed E-state index contributed by atoms with van der Waals surface area (Å²) in [6.45, 7) is 2.75. The first kappa shape index (κ1) is 22.4. The Balaban J connectivity index is 1.14. The minimum atomic E-state index is -0.499. The van der Waals surface area contributed by atoms with Gasteiger partial charge in [0, 0.05) is 36.8 Å². The second kappa shape index (κ2) is 9.50. The molecule has 186 valence electrons. The van der Waals surface area contributed by atoms with Gasteiger partial charge in [0.25, 0.3) is 5.88 Å². The van der Waals surface area contributed by atoms with Gasteiger partial charge in [0.2, 0.25) is 5.88 Å². The fourth-order valence-electron chi connectivity index (χ4n) is 4.31. The standard InChI is InChI=1S/C25H24N4O7/c30-24-28-22(33-13-18-14-34-23-21(35-18)2-1-6-26-23)9-20-19-4-3-17(8-16(19)5-7-29(20)24)36-25(31)27-10-15-11-32-12-15/h1-4,6,8-9,15,18H,5,7,10-14H2,(H,27,31). The Morgan fingerprint density at radius 2 is 2.11 bits per heavy atom. The number of hydrogen-bond donors (Lipinski definition) is 1. The van der Waals surface area contributed by atoms with Crippen LogP contribution in [0, 0.1) is 5.92 Å². The number of ether oxygens (including phenoxy) is 5. The lowest BCUT2D eigenvalue weighted by atomic mass is 9.97. The Morgan fingerprint density at radius 1 is 1.19 bits per heavy atom. The predicted octanol–water partition coefficient (Wildman–Crippen LogP) is 1.82. The van der Waals surface area contributed by atoms with E-state index < -0.39 is 6.09 Å². The highest BCUT2D eigenvalue weighted by Crippen LogP contribution is 2.33. The molecule has 0 bridgehead atoms. The van der Waals surface area contributed by atoms with Crippen LogP contribution in [-0.4, -0.2) is 59.7 Å². The number of aromatic nitrogens is 3. The topological polar surface area (TPSA) is 123 Å². The minimum Gasteiger partial charge on any atom is -0.478 e. The van der Waals surface area contributed by atoms with E-state index in [0.29, 0.717) is 61.7 Å². The van der Waals surface area contributed by atoms with Crippen molar-refractivity contribution < 1.29 is 28.5 Å². The molecule has 5 heterocycles. The van der Waals surface area contributed by atoms with E-state index in [1.165, 1.54) is 0 Å². The van der Waals surface area contributed by atoms with Crippen LogP contribution in [0.25, 0.3) is 11.3 Å². The fraction of sp³-hybridized carbons (Fsp3) is 0.360. The van der Waals surface area contributed by atoms with E-state index in [4.69, 9.17) is 23.7 Å². The zero-order valence-corrected chi connectivity index (χ0v) is 19.3. The van der Waals surface area contributed by atoms with Crippen molar-refractivity contribution in [3.05, 3.63) is 58.6 Å². The molecule has 6 rings (SSSR count). The van der Waals surface area contributed by atoms with Crippen molar-refractivity contribution in [3.63, 3.8) is 0 Å². The van der Waals surface area contributed by atoms with Crippen LogP contribution in [0.4, 0.5) is 4.79 Å². The van der Waals surface area contributed by atoms with Crippen molar-refractivity contribution in [2.24, 2.45) is 5.92 Å². The van der Waals surface area contributed by atoms with Gasteiger partial charge in [-0.1, -0.05) is 0 Å². The van der Waals surface area contributed by atoms with Gasteiger partial charge in [-0.2, -0.15) is 4.98 Å². The summed E-state index contributed by atoms with van der Waals surface area (Å²) < 4.78 is 29.5. The number of benzene rings is 1. The zero-order chi connectivity index (χ0) is 24.5. The Labute approximate surface area is 205 Å². The number of fused-ring (bicyclic) bond motifs is 4. The molecule has 36 heavy (non-hydrogen) atoms. The van der Waals surface area contributed by atoms with Gasteiger partial charge >= 0.3 is 11.8 Å². The lowest BCUT2D eigenvalue weighted by molar-refractivity contribution is -0.0298. The number of nitrogens with zero attached hydrogens (tertiary/aromatic N) is 3. The second-order valence-electron chi connectivity index (χ2n) is 8.83. The molecule has 11 nitrogen and oxygen atoms in total. The third kappa shape index (κ3) is 4.57. The highest BCUT2D eigenvalue weighted by atomic mass is 16.6. The maximum absolute atomic E-state index is 12.7. The first-order valence-corrected chi connectivity index (χ1v) is 11.8. The molecular weight excluding hydrogens is 468 g/mol. The first-order chi connectivity index (χ1) is 17.6. The van der Waals surface area contributed by atoms with Gasteiger partial charge in [0.1, 0.15) is 19.0 Å². The molecule has 2 aromatic heterocycles. The molecule has 1 N–H and O–H groups in total. The van der Waals surface area contributed by atoms with Crippen molar-refractivity contribution in [1.29, 1.82) is 0 Å². The molecule has 1 fully saturated rings. The molecule has 3 aliphatic rings. The Bertz CT molecular complexity index is 1350. The van der Waals surface area contributed by atoms with Crippen LogP contribution in [-0.2, 0) is 17.7 Å². The molecule has 11 heteroatoms. The number of pyridine rings is 1. The van der Waals surface area contributed by atoms with Crippen LogP contribution in [0.2, 0.25) is 0 Å². The summed E-state index contributed by atoms with van der Waals surface area (Å²) in [5, 5.41) is 2.76. The highest BCUT2D eigenvalue weighted by molar-refractivity contribution is 5.72. The SMILES string of the molecule is O=C(NCC1COC1)Oc1ccc2c(c1)CCn1c-2cc(OCC2COc3ncccc3O2)nc1=O. The average molecular weight is 492 g/mol. The quantitative estimate of drug-likeness (QED) is 0.549. The summed E-state index contributed by atoms with van der Waals surface area (Å²) in [5.41, 5.74) is 2.14. The predicted molar refractivity (Wildman–Crippen MR) is 126 cm³/mol. The van der Waals surface area contributed by atoms with Crippen molar-refractivity contribution >= 4 is 6.09 Å². The lowest BCUT2D eigenvalue weighted by Gasteiger charge is -2.26. The van der Waals surface area contributed by atoms with Crippen LogP contribution >= 0.6 is 0 Å². The van der Waals surface area contributed by atoms with Gasteiger partial charge in [0.05, 0.1) is 18.9 Å². The molecule has 0 spiro atoms. The molecule has 1 aromatic carbocycles. The van der Waals surface area contributed by atoms with Crippen LogP contribution < -0.4 is 30.0 Å². The second-order valence-corrected chi connectivity index (χ2v) is 8.83. The molecule has 3 aromatic rings. The largest absolute Gasteiger partial charge is 0.478 e. The third-order valence-corrected chi connectivity index (χ3v) is 6.25. The smallest absolute Gasteiger partial charge is 0.412 e. The molecule has 0 aliphatic carbocycles. The summed E-state index contributed by atoms with van der Waals surface area (Å²) in [7, 11) is 0. The Morgan fingerprint density at radius 3 is 2.97 bits per heavy atom. The van der Waals surface area contributed by atoms with Gasteiger partial charge in [-0.3, -0.25) is 4.57 Å². The molecular formula is C25H24N4O7. The summed E-state index contributed by atoms with van der Waals surface area (Å²) >= 11 is 0. The number of carbonyl (C=O) groups excluding carboxylic acids is 1. The van der Waals surface area contributed by atoms with Crippen LogP contribution in [0.15, 0.2) is 47.4 Å². The monoisotopic (exact) mass is 492 g/mol. The Kier molecular flexibility index (Phi) is 5.90. The molecule has 1 saturated heterocycles. The minimum absolute atomic E-state index is 0.159. The summed E-state index contributed by atoms with van der Waals surface area (Å²) in [6.07, 6.45) is 1.39. The number of aryl methyl sites for hydroxylation is 1. The molecule has 3 aliphatic heterocycles. The molecule has 1 atom stereocenters. The molecule has 0 saturated carbocycles. The first-order valence-electron chi connectivity index (χ1n) is 11.8. The van der Waals surface area contributed by atoms with E-state index in [0.717, 1.165) is 11.1 Å². The van der Waals surface area contributed by atoms with Crippen LogP contribution in [0.3, 0.4) is 0 Å². The van der Waals surface area contributed by atoms with Gasteiger partial charge in [-0.05, 0) is 42.3 Å². The third-order valence-electron chi connectivity index (χ3n) is 6.25. The number of amides is 1. The highest BCUT2D eigenvalue weighted by Gasteiger charge is 2.24. The molecule has 1 amide bonds. The normalized spacial score (nSPS) is 17.8. The maximum atomic E-state index is 12.7. The number of hydrogen-bond acceptors (Lipinski definition) is 9. The summed E-state index contributed by atoms with van der Waals surface area (Å²) in [4.78, 5) is 33.0. The van der Waals surface area contributed by atoms with Crippen LogP contribution in [0.1, 0.15) is 5.56 Å². The van der Waals surface area contributed by atoms with E-state index in [9.17, 15) is 9.59 Å². The fourth-order valence-corrected chi connectivity index (χ4v) is 4.31. The van der Waals surface area contributed by atoms with E-state index in [1.807, 2.05) is 12.1 Å². The van der Waals surface area contributed by atoms with E-state index in [-0.39, 0.29) is 30.9 Å². The van der Waals surface area contributed by atoms with E-state index >= 15 is 0 Å². The van der Waals surface area contributed by atoms with Crippen molar-refractivity contribution in [2.75, 3.05) is 33.0 Å². The Hall–Kier alpha value is -4.12. The van der Waals surface area contributed by atoms with Gasteiger partial charge in [-0.15, -0.1) is 0 Å². The number of carbonyl (C=O) groups is 1. The van der Waals surface area contributed by atoms with Gasteiger partial charge in [0.15, 0.2) is 11.9 Å². The van der Waals surface area contributed by atoms with Crippen LogP contribution in [0.5, 0.6) is 23.3 Å². The average Bonchev–Trinajstić information content (AvgIpc) is 2.86. The molecule has 1 unspecified atom stereocenters. The number of rotatable bonds is 6. The maximum Gasteiger partial charge on any atom is 0.412 e.